The van der Waals surface area contributed by atoms with Gasteiger partial charge in [0.25, 0.3) is 0 Å². The second-order valence-corrected chi connectivity index (χ2v) is 4.23. The van der Waals surface area contributed by atoms with Gasteiger partial charge in [0.1, 0.15) is 5.82 Å². The van der Waals surface area contributed by atoms with E-state index in [0.717, 1.165) is 17.0 Å². The van der Waals surface area contributed by atoms with Crippen LogP contribution in [0.5, 0.6) is 0 Å². The zero-order valence-electron chi connectivity index (χ0n) is 9.17. The molecular weight excluding hydrogens is 271 g/mol. The van der Waals surface area contributed by atoms with Crippen LogP contribution in [0, 0.1) is 19.7 Å². The molecule has 1 heterocycles. The van der Waals surface area contributed by atoms with Crippen LogP contribution in [0.1, 0.15) is 17.0 Å². The molecule has 0 fully saturated rings. The average molecular weight is 283 g/mol. The number of alkyl halides is 1. The van der Waals surface area contributed by atoms with Crippen molar-refractivity contribution in [1.29, 1.82) is 0 Å². The maximum atomic E-state index is 13.8. The lowest BCUT2D eigenvalue weighted by molar-refractivity contribution is 0.615. The zero-order chi connectivity index (χ0) is 11.7. The summed E-state index contributed by atoms with van der Waals surface area (Å²) in [7, 11) is 0. The minimum Gasteiger partial charge on any atom is -0.300 e. The number of para-hydroxylation sites is 1. The Morgan fingerprint density at radius 2 is 2.12 bits per heavy atom. The van der Waals surface area contributed by atoms with Crippen LogP contribution in [0.15, 0.2) is 24.5 Å². The van der Waals surface area contributed by atoms with Gasteiger partial charge in [-0.3, -0.25) is 0 Å². The molecule has 2 aromatic rings. The number of nitrogens with zero attached hydrogens (tertiary/aromatic N) is 2. The average Bonchev–Trinajstić information content (AvgIpc) is 2.60. The number of benzene rings is 1. The summed E-state index contributed by atoms with van der Waals surface area (Å²) in [6.45, 7) is 3.85. The predicted octanol–water partition coefficient (Wildman–Crippen LogP) is 3.52. The molecule has 0 radical (unpaired) electrons. The first-order chi connectivity index (χ1) is 7.65. The number of hydrogen-bond donors (Lipinski definition) is 0. The Hall–Kier alpha value is -1.16. The second kappa shape index (κ2) is 4.37. The monoisotopic (exact) mass is 282 g/mol. The summed E-state index contributed by atoms with van der Waals surface area (Å²) in [6, 6.07) is 5.09. The van der Waals surface area contributed by atoms with E-state index in [0.29, 0.717) is 11.0 Å². The molecule has 2 rings (SSSR count). The lowest BCUT2D eigenvalue weighted by Crippen LogP contribution is -2.02. The fraction of sp³-hybridized carbons (Fsp3) is 0.250. The summed E-state index contributed by atoms with van der Waals surface area (Å²) in [5, 5.41) is 0.622. The van der Waals surface area contributed by atoms with Crippen molar-refractivity contribution in [3.63, 3.8) is 0 Å². The van der Waals surface area contributed by atoms with E-state index in [-0.39, 0.29) is 5.82 Å². The van der Waals surface area contributed by atoms with Crippen molar-refractivity contribution in [2.75, 3.05) is 0 Å². The number of rotatable bonds is 2. The molecule has 0 N–H and O–H groups in total. The highest BCUT2D eigenvalue weighted by molar-refractivity contribution is 9.08. The molecule has 0 amide bonds. The summed E-state index contributed by atoms with van der Waals surface area (Å²) in [5.41, 5.74) is 3.38. The van der Waals surface area contributed by atoms with Crippen molar-refractivity contribution >= 4 is 15.9 Å². The van der Waals surface area contributed by atoms with Crippen LogP contribution < -0.4 is 0 Å². The predicted molar refractivity (Wildman–Crippen MR) is 65.6 cm³/mol. The minimum absolute atomic E-state index is 0.225. The fourth-order valence-corrected chi connectivity index (χ4v) is 2.11. The molecule has 84 valence electrons. The van der Waals surface area contributed by atoms with Gasteiger partial charge in [-0.15, -0.1) is 0 Å². The number of aryl methyl sites for hydroxylation is 1. The highest BCUT2D eigenvalue weighted by atomic mass is 79.9. The van der Waals surface area contributed by atoms with Gasteiger partial charge in [0.2, 0.25) is 0 Å². The van der Waals surface area contributed by atoms with Gasteiger partial charge >= 0.3 is 0 Å². The normalized spacial score (nSPS) is 10.8. The third-order valence-corrected chi connectivity index (χ3v) is 3.31. The van der Waals surface area contributed by atoms with Crippen molar-refractivity contribution < 1.29 is 4.39 Å². The molecule has 0 saturated carbocycles. The van der Waals surface area contributed by atoms with E-state index >= 15 is 0 Å². The number of halogens is 2. The molecule has 0 aliphatic rings. The number of imidazole rings is 1. The Morgan fingerprint density at radius 1 is 1.38 bits per heavy atom. The fourth-order valence-electron chi connectivity index (χ4n) is 1.66. The largest absolute Gasteiger partial charge is 0.300 e. The molecule has 0 atom stereocenters. The zero-order valence-corrected chi connectivity index (χ0v) is 10.8. The van der Waals surface area contributed by atoms with Crippen molar-refractivity contribution in [2.45, 2.75) is 19.2 Å². The molecule has 0 spiro atoms. The summed E-state index contributed by atoms with van der Waals surface area (Å²) >= 11 is 3.37. The van der Waals surface area contributed by atoms with Crippen LogP contribution in [0.25, 0.3) is 5.69 Å². The minimum atomic E-state index is -0.225. The summed E-state index contributed by atoms with van der Waals surface area (Å²) in [6.07, 6.45) is 1.66. The standard InChI is InChI=1S/C12H12BrFN2/c1-8-9(2)16(7-15-8)12-10(6-13)4-3-5-11(12)14/h3-5,7H,6H2,1-2H3. The van der Waals surface area contributed by atoms with Crippen LogP contribution >= 0.6 is 15.9 Å². The van der Waals surface area contributed by atoms with Crippen molar-refractivity contribution in [2.24, 2.45) is 0 Å². The third-order valence-electron chi connectivity index (χ3n) is 2.71. The lowest BCUT2D eigenvalue weighted by atomic mass is 10.2. The van der Waals surface area contributed by atoms with Gasteiger partial charge in [0.05, 0.1) is 17.7 Å². The van der Waals surface area contributed by atoms with E-state index in [1.54, 1.807) is 17.0 Å². The smallest absolute Gasteiger partial charge is 0.147 e. The third kappa shape index (κ3) is 1.78. The van der Waals surface area contributed by atoms with Crippen molar-refractivity contribution in [3.05, 3.63) is 47.3 Å². The first-order valence-electron chi connectivity index (χ1n) is 4.99. The number of hydrogen-bond acceptors (Lipinski definition) is 1. The van der Waals surface area contributed by atoms with E-state index in [1.807, 2.05) is 19.9 Å². The van der Waals surface area contributed by atoms with Gasteiger partial charge in [-0.25, -0.2) is 9.37 Å². The molecule has 0 unspecified atom stereocenters. The Balaban J connectivity index is 2.68. The molecule has 16 heavy (non-hydrogen) atoms. The molecular formula is C12H12BrFN2. The van der Waals surface area contributed by atoms with Crippen LogP contribution in [0.3, 0.4) is 0 Å². The molecule has 0 aliphatic carbocycles. The Bertz CT molecular complexity index is 520. The van der Waals surface area contributed by atoms with Crippen LogP contribution in [0.4, 0.5) is 4.39 Å². The molecule has 1 aromatic heterocycles. The lowest BCUT2D eigenvalue weighted by Gasteiger charge is -2.11. The van der Waals surface area contributed by atoms with E-state index in [2.05, 4.69) is 20.9 Å². The maximum absolute atomic E-state index is 13.8. The van der Waals surface area contributed by atoms with E-state index in [1.165, 1.54) is 6.07 Å². The first-order valence-corrected chi connectivity index (χ1v) is 6.11. The maximum Gasteiger partial charge on any atom is 0.147 e. The van der Waals surface area contributed by atoms with E-state index in [9.17, 15) is 4.39 Å². The molecule has 1 aromatic carbocycles. The van der Waals surface area contributed by atoms with Crippen LogP contribution in [0.2, 0.25) is 0 Å². The van der Waals surface area contributed by atoms with Gasteiger partial charge in [0, 0.05) is 11.0 Å². The summed E-state index contributed by atoms with van der Waals surface area (Å²) in [5.74, 6) is -0.225. The van der Waals surface area contributed by atoms with E-state index < -0.39 is 0 Å². The summed E-state index contributed by atoms with van der Waals surface area (Å²) < 4.78 is 15.6. The Kier molecular flexibility index (Phi) is 3.10. The van der Waals surface area contributed by atoms with Crippen molar-refractivity contribution in [3.8, 4) is 5.69 Å². The molecule has 0 aliphatic heterocycles. The quantitative estimate of drug-likeness (QED) is 0.771. The first kappa shape index (κ1) is 11.3. The number of aromatic nitrogens is 2. The van der Waals surface area contributed by atoms with Crippen molar-refractivity contribution in [1.82, 2.24) is 9.55 Å². The SMILES string of the molecule is Cc1ncn(-c2c(F)cccc2CBr)c1C. The Labute approximate surface area is 102 Å². The highest BCUT2D eigenvalue weighted by Crippen LogP contribution is 2.23. The topological polar surface area (TPSA) is 17.8 Å². The van der Waals surface area contributed by atoms with Crippen LogP contribution in [-0.4, -0.2) is 9.55 Å². The van der Waals surface area contributed by atoms with E-state index in [4.69, 9.17) is 0 Å². The molecule has 4 heteroatoms. The molecule has 0 saturated heterocycles. The molecule has 0 bridgehead atoms. The van der Waals surface area contributed by atoms with Gasteiger partial charge < -0.3 is 4.57 Å². The second-order valence-electron chi connectivity index (χ2n) is 3.67. The van der Waals surface area contributed by atoms with Gasteiger partial charge in [-0.1, -0.05) is 28.1 Å². The van der Waals surface area contributed by atoms with Gasteiger partial charge in [-0.05, 0) is 25.5 Å². The highest BCUT2D eigenvalue weighted by Gasteiger charge is 2.12. The Morgan fingerprint density at radius 3 is 2.69 bits per heavy atom. The van der Waals surface area contributed by atoms with Gasteiger partial charge in [0.15, 0.2) is 0 Å². The van der Waals surface area contributed by atoms with Crippen LogP contribution in [-0.2, 0) is 5.33 Å². The van der Waals surface area contributed by atoms with Gasteiger partial charge in [-0.2, -0.15) is 0 Å². The summed E-state index contributed by atoms with van der Waals surface area (Å²) in [4.78, 5) is 4.19. The molecule has 2 nitrogen and oxygen atoms in total.